The predicted molar refractivity (Wildman–Crippen MR) is 114 cm³/mol. The van der Waals surface area contributed by atoms with Crippen molar-refractivity contribution < 1.29 is 18.0 Å². The molecule has 3 N–H and O–H groups in total. The molecule has 0 aromatic heterocycles. The van der Waals surface area contributed by atoms with E-state index in [0.717, 1.165) is 12.8 Å². The van der Waals surface area contributed by atoms with Gasteiger partial charge in [-0.1, -0.05) is 23.7 Å². The average molecular weight is 454 g/mol. The monoisotopic (exact) mass is 453 g/mol. The highest BCUT2D eigenvalue weighted by Crippen LogP contribution is 2.29. The third-order valence-corrected chi connectivity index (χ3v) is 7.71. The number of sulfonamides is 1. The smallest absolute Gasteiger partial charge is 0.257 e. The molecular formula is C19H20ClN3O4S2. The third kappa shape index (κ3) is 5.11. The maximum atomic E-state index is 12.8. The summed E-state index contributed by atoms with van der Waals surface area (Å²) < 4.78 is 27.0. The fourth-order valence-electron chi connectivity index (χ4n) is 2.95. The zero-order valence-corrected chi connectivity index (χ0v) is 17.8. The van der Waals surface area contributed by atoms with Gasteiger partial charge in [0.05, 0.1) is 26.9 Å². The molecule has 7 nitrogen and oxygen atoms in total. The van der Waals surface area contributed by atoms with Gasteiger partial charge in [-0.3, -0.25) is 9.59 Å². The Morgan fingerprint density at radius 1 is 1.14 bits per heavy atom. The van der Waals surface area contributed by atoms with Crippen molar-refractivity contribution in [3.8, 4) is 0 Å². The molecule has 1 saturated heterocycles. The highest BCUT2D eigenvalue weighted by Gasteiger charge is 2.28. The number of anilines is 1. The van der Waals surface area contributed by atoms with Crippen LogP contribution in [0.15, 0.2) is 52.3 Å². The minimum absolute atomic E-state index is 0.0327. The molecule has 0 atom stereocenters. The van der Waals surface area contributed by atoms with Crippen LogP contribution in [0.2, 0.25) is 5.02 Å². The van der Waals surface area contributed by atoms with E-state index in [1.165, 1.54) is 34.3 Å². The van der Waals surface area contributed by atoms with E-state index in [9.17, 15) is 18.0 Å². The van der Waals surface area contributed by atoms with E-state index in [2.05, 4.69) is 5.32 Å². The second-order valence-electron chi connectivity index (χ2n) is 6.46. The Morgan fingerprint density at radius 3 is 2.52 bits per heavy atom. The summed E-state index contributed by atoms with van der Waals surface area (Å²) in [6.45, 7) is 0.938. The topological polar surface area (TPSA) is 110 Å². The molecule has 2 amide bonds. The van der Waals surface area contributed by atoms with E-state index in [1.54, 1.807) is 24.3 Å². The van der Waals surface area contributed by atoms with Crippen LogP contribution in [0, 0.1) is 0 Å². The van der Waals surface area contributed by atoms with Crippen molar-refractivity contribution in [3.05, 3.63) is 53.1 Å². The van der Waals surface area contributed by atoms with E-state index in [1.807, 2.05) is 0 Å². The Kier molecular flexibility index (Phi) is 6.84. The second-order valence-corrected chi connectivity index (χ2v) is 9.82. The van der Waals surface area contributed by atoms with Crippen LogP contribution < -0.4 is 11.1 Å². The summed E-state index contributed by atoms with van der Waals surface area (Å²) in [4.78, 5) is 24.6. The molecule has 1 heterocycles. The van der Waals surface area contributed by atoms with Crippen LogP contribution in [0.4, 0.5) is 5.69 Å². The molecule has 0 aliphatic carbocycles. The van der Waals surface area contributed by atoms with Crippen LogP contribution in [0.3, 0.4) is 0 Å². The highest BCUT2D eigenvalue weighted by molar-refractivity contribution is 8.00. The van der Waals surface area contributed by atoms with Gasteiger partial charge in [-0.15, -0.1) is 11.8 Å². The summed E-state index contributed by atoms with van der Waals surface area (Å²) in [5, 5.41) is 2.88. The van der Waals surface area contributed by atoms with E-state index in [4.69, 9.17) is 17.3 Å². The first-order valence-corrected chi connectivity index (χ1v) is 11.7. The Balaban J connectivity index is 1.86. The molecule has 0 spiro atoms. The minimum Gasteiger partial charge on any atom is -0.369 e. The number of para-hydroxylation sites is 1. The SMILES string of the molecule is NC(=O)CSc1ccccc1NC(=O)c1cc(S(=O)(=O)N2CCCC2)ccc1Cl. The van der Waals surface area contributed by atoms with Crippen molar-refractivity contribution >= 4 is 50.9 Å². The lowest BCUT2D eigenvalue weighted by atomic mass is 10.2. The van der Waals surface area contributed by atoms with Crippen molar-refractivity contribution in [3.63, 3.8) is 0 Å². The molecule has 2 aromatic carbocycles. The molecule has 10 heteroatoms. The van der Waals surface area contributed by atoms with Crippen molar-refractivity contribution in [1.29, 1.82) is 0 Å². The lowest BCUT2D eigenvalue weighted by Crippen LogP contribution is -2.28. The molecule has 0 unspecified atom stereocenters. The van der Waals surface area contributed by atoms with Gasteiger partial charge in [-0.25, -0.2) is 8.42 Å². The van der Waals surface area contributed by atoms with Crippen molar-refractivity contribution in [1.82, 2.24) is 4.31 Å². The number of amides is 2. The van der Waals surface area contributed by atoms with Crippen LogP contribution in [0.1, 0.15) is 23.2 Å². The molecule has 154 valence electrons. The summed E-state index contributed by atoms with van der Waals surface area (Å²) in [5.41, 5.74) is 5.72. The Hall–Kier alpha value is -2.07. The molecule has 0 radical (unpaired) electrons. The van der Waals surface area contributed by atoms with Crippen molar-refractivity contribution in [2.75, 3.05) is 24.2 Å². The number of nitrogens with one attached hydrogen (secondary N) is 1. The summed E-state index contributed by atoms with van der Waals surface area (Å²) in [6, 6.07) is 11.1. The normalized spacial score (nSPS) is 14.7. The van der Waals surface area contributed by atoms with Crippen LogP contribution in [0.25, 0.3) is 0 Å². The first kappa shape index (κ1) is 21.6. The Labute approximate surface area is 178 Å². The largest absolute Gasteiger partial charge is 0.369 e. The van der Waals surface area contributed by atoms with Gasteiger partial charge in [0.15, 0.2) is 0 Å². The van der Waals surface area contributed by atoms with E-state index >= 15 is 0 Å². The number of halogens is 1. The molecule has 2 aromatic rings. The number of carbonyl (C=O) groups is 2. The lowest BCUT2D eigenvalue weighted by Gasteiger charge is -2.17. The summed E-state index contributed by atoms with van der Waals surface area (Å²) in [7, 11) is -3.67. The number of thioether (sulfide) groups is 1. The molecular weight excluding hydrogens is 434 g/mol. The van der Waals surface area contributed by atoms with Gasteiger partial charge >= 0.3 is 0 Å². The fraction of sp³-hybridized carbons (Fsp3) is 0.263. The van der Waals surface area contributed by atoms with Crippen LogP contribution in [-0.2, 0) is 14.8 Å². The zero-order valence-electron chi connectivity index (χ0n) is 15.4. The summed E-state index contributed by atoms with van der Waals surface area (Å²) >= 11 is 7.37. The van der Waals surface area contributed by atoms with Gasteiger partial charge in [-0.05, 0) is 43.2 Å². The molecule has 1 aliphatic heterocycles. The number of carbonyl (C=O) groups excluding carboxylic acids is 2. The number of hydrogen-bond donors (Lipinski definition) is 2. The van der Waals surface area contributed by atoms with Crippen LogP contribution >= 0.6 is 23.4 Å². The number of benzene rings is 2. The van der Waals surface area contributed by atoms with Gasteiger partial charge in [0.2, 0.25) is 15.9 Å². The number of hydrogen-bond acceptors (Lipinski definition) is 5. The first-order chi connectivity index (χ1) is 13.8. The molecule has 0 bridgehead atoms. The number of nitrogens with zero attached hydrogens (tertiary/aromatic N) is 1. The third-order valence-electron chi connectivity index (χ3n) is 4.39. The molecule has 1 fully saturated rings. The Bertz CT molecular complexity index is 1040. The minimum atomic E-state index is -3.67. The second kappa shape index (κ2) is 9.17. The van der Waals surface area contributed by atoms with E-state index in [0.29, 0.717) is 23.7 Å². The van der Waals surface area contributed by atoms with Gasteiger partial charge in [0, 0.05) is 18.0 Å². The lowest BCUT2D eigenvalue weighted by molar-refractivity contribution is -0.115. The van der Waals surface area contributed by atoms with E-state index < -0.39 is 21.8 Å². The van der Waals surface area contributed by atoms with E-state index in [-0.39, 0.29) is 21.2 Å². The predicted octanol–water partition coefficient (Wildman–Crippen LogP) is 2.95. The van der Waals surface area contributed by atoms with Gasteiger partial charge in [0.1, 0.15) is 0 Å². The van der Waals surface area contributed by atoms with Gasteiger partial charge in [-0.2, -0.15) is 4.31 Å². The maximum absolute atomic E-state index is 12.8. The van der Waals surface area contributed by atoms with Crippen LogP contribution in [0.5, 0.6) is 0 Å². The zero-order chi connectivity index (χ0) is 21.0. The quantitative estimate of drug-likeness (QED) is 0.626. The van der Waals surface area contributed by atoms with Crippen LogP contribution in [-0.4, -0.2) is 43.4 Å². The van der Waals surface area contributed by atoms with Crippen molar-refractivity contribution in [2.45, 2.75) is 22.6 Å². The number of nitrogens with two attached hydrogens (primary N) is 1. The molecule has 29 heavy (non-hydrogen) atoms. The molecule has 0 saturated carbocycles. The first-order valence-electron chi connectivity index (χ1n) is 8.90. The number of primary amides is 1. The number of rotatable bonds is 7. The Morgan fingerprint density at radius 2 is 1.83 bits per heavy atom. The highest BCUT2D eigenvalue weighted by atomic mass is 35.5. The summed E-state index contributed by atoms with van der Waals surface area (Å²) in [6.07, 6.45) is 1.64. The summed E-state index contributed by atoms with van der Waals surface area (Å²) in [5.74, 6) is -0.948. The molecule has 1 aliphatic rings. The van der Waals surface area contributed by atoms with Crippen molar-refractivity contribution in [2.24, 2.45) is 5.73 Å². The van der Waals surface area contributed by atoms with Gasteiger partial charge < -0.3 is 11.1 Å². The standard InChI is InChI=1S/C19H20ClN3O4S2/c20-15-8-7-13(29(26,27)23-9-3-4-10-23)11-14(15)19(25)22-16-5-1-2-6-17(16)28-12-18(21)24/h1-2,5-8,11H,3-4,9-10,12H2,(H2,21,24)(H,22,25). The maximum Gasteiger partial charge on any atom is 0.257 e. The fourth-order valence-corrected chi connectivity index (χ4v) is 5.45. The van der Waals surface area contributed by atoms with Gasteiger partial charge in [0.25, 0.3) is 5.91 Å². The average Bonchev–Trinajstić information content (AvgIpc) is 3.23. The molecule has 3 rings (SSSR count).